The van der Waals surface area contributed by atoms with Crippen LogP contribution in [-0.2, 0) is 12.7 Å². The zero-order chi connectivity index (χ0) is 27.2. The predicted octanol–water partition coefficient (Wildman–Crippen LogP) is 3.50. The van der Waals surface area contributed by atoms with Crippen molar-refractivity contribution in [2.45, 2.75) is 26.6 Å². The Kier molecular flexibility index (Phi) is 6.32. The summed E-state index contributed by atoms with van der Waals surface area (Å²) >= 11 is 0.535. The summed E-state index contributed by atoms with van der Waals surface area (Å²) in [4.78, 5) is 39.0. The van der Waals surface area contributed by atoms with E-state index in [0.717, 1.165) is 13.2 Å². The van der Waals surface area contributed by atoms with Gasteiger partial charge >= 0.3 is 17.7 Å². The van der Waals surface area contributed by atoms with Gasteiger partial charge in [-0.25, -0.2) is 4.98 Å². The number of aromatic amines is 1. The highest BCUT2D eigenvalue weighted by molar-refractivity contribution is 7.21. The molecule has 194 valence electrons. The van der Waals surface area contributed by atoms with Crippen molar-refractivity contribution < 1.29 is 32.4 Å². The molecule has 4 aromatic heterocycles. The van der Waals surface area contributed by atoms with E-state index in [-0.39, 0.29) is 26.3 Å². The molecule has 37 heavy (non-hydrogen) atoms. The Morgan fingerprint density at radius 3 is 2.59 bits per heavy atom. The van der Waals surface area contributed by atoms with Crippen molar-refractivity contribution >= 4 is 44.7 Å². The lowest BCUT2D eigenvalue weighted by molar-refractivity contribution is -0.386. The molecule has 0 radical (unpaired) electrons. The number of pyridine rings is 1. The van der Waals surface area contributed by atoms with E-state index in [9.17, 15) is 32.9 Å². The summed E-state index contributed by atoms with van der Waals surface area (Å²) in [7, 11) is 1.11. The van der Waals surface area contributed by atoms with Crippen LogP contribution in [0, 0.1) is 17.0 Å². The van der Waals surface area contributed by atoms with Gasteiger partial charge in [0.1, 0.15) is 15.4 Å². The zero-order valence-electron chi connectivity index (χ0n) is 19.3. The fourth-order valence-electron chi connectivity index (χ4n) is 3.74. The highest BCUT2D eigenvalue weighted by atomic mass is 32.1. The number of ether oxygens (including phenoxy) is 1. The van der Waals surface area contributed by atoms with E-state index < -0.39 is 45.9 Å². The standard InChI is InChI=1S/C20H17F3N8O5S/c1-4-30-7(2)9(6-25-30)8-5-10(20(21,22)23)26-19-11(8)12(15(37-19)16(24)32)27-17(33)13-14(31(34)35)18(36-3)29-28-13/h5-6H,4H2,1-3H3,(H2,24,32)(H,27,33)(H,28,29). The number of rotatable bonds is 7. The van der Waals surface area contributed by atoms with Gasteiger partial charge < -0.3 is 15.8 Å². The number of anilines is 1. The number of nitrogens with one attached hydrogen (secondary N) is 2. The second-order valence-corrected chi connectivity index (χ2v) is 8.53. The van der Waals surface area contributed by atoms with Crippen LogP contribution in [0.4, 0.5) is 24.5 Å². The number of aryl methyl sites for hydroxylation is 1. The number of thiophene rings is 1. The molecule has 0 aromatic carbocycles. The fraction of sp³-hybridized carbons (Fsp3) is 0.250. The third kappa shape index (κ3) is 4.32. The number of carbonyl (C=O) groups is 2. The van der Waals surface area contributed by atoms with Crippen molar-refractivity contribution in [3.8, 4) is 17.0 Å². The summed E-state index contributed by atoms with van der Waals surface area (Å²) < 4.78 is 47.5. The number of amides is 2. The van der Waals surface area contributed by atoms with Crippen LogP contribution in [0.3, 0.4) is 0 Å². The Hall–Kier alpha value is -4.54. The minimum absolute atomic E-state index is 0.0203. The van der Waals surface area contributed by atoms with Crippen LogP contribution < -0.4 is 15.8 Å². The van der Waals surface area contributed by atoms with Crippen LogP contribution in [0.5, 0.6) is 5.88 Å². The molecule has 0 bridgehead atoms. The summed E-state index contributed by atoms with van der Waals surface area (Å²) in [5.74, 6) is -2.65. The molecule has 13 nitrogen and oxygen atoms in total. The maximum absolute atomic E-state index is 13.7. The highest BCUT2D eigenvalue weighted by Crippen LogP contribution is 2.44. The van der Waals surface area contributed by atoms with E-state index in [2.05, 4.69) is 25.6 Å². The number of halogens is 3. The van der Waals surface area contributed by atoms with Gasteiger partial charge in [-0.3, -0.25) is 29.5 Å². The van der Waals surface area contributed by atoms with Crippen LogP contribution in [0.15, 0.2) is 12.3 Å². The van der Waals surface area contributed by atoms with Crippen molar-refractivity contribution in [1.82, 2.24) is 25.0 Å². The fourth-order valence-corrected chi connectivity index (χ4v) is 4.75. The molecule has 4 aromatic rings. The Labute approximate surface area is 208 Å². The quantitative estimate of drug-likeness (QED) is 0.236. The number of alkyl halides is 3. The molecule has 4 heterocycles. The number of carbonyl (C=O) groups excluding carboxylic acids is 2. The van der Waals surface area contributed by atoms with Gasteiger partial charge in [-0.2, -0.15) is 18.3 Å². The van der Waals surface area contributed by atoms with Gasteiger partial charge in [-0.1, -0.05) is 0 Å². The lowest BCUT2D eigenvalue weighted by Gasteiger charge is -2.12. The van der Waals surface area contributed by atoms with Crippen molar-refractivity contribution in [3.63, 3.8) is 0 Å². The van der Waals surface area contributed by atoms with Gasteiger partial charge in [-0.15, -0.1) is 16.4 Å². The maximum atomic E-state index is 13.7. The number of H-pyrrole nitrogens is 1. The SMILES string of the molecule is CCn1ncc(-c2cc(C(F)(F)F)nc3sc(C(N)=O)c(NC(=O)c4[nH]nc(OC)c4[N+](=O)[O-])c23)c1C. The summed E-state index contributed by atoms with van der Waals surface area (Å²) in [6.45, 7) is 3.86. The second-order valence-electron chi connectivity index (χ2n) is 7.53. The Morgan fingerprint density at radius 1 is 1.35 bits per heavy atom. The first-order valence-electron chi connectivity index (χ1n) is 10.3. The molecule has 0 aliphatic heterocycles. The number of nitrogens with two attached hydrogens (primary N) is 1. The molecule has 17 heteroatoms. The van der Waals surface area contributed by atoms with E-state index >= 15 is 0 Å². The minimum atomic E-state index is -4.83. The average molecular weight is 538 g/mol. The molecule has 0 atom stereocenters. The molecule has 0 aliphatic carbocycles. The summed E-state index contributed by atoms with van der Waals surface area (Å²) in [5.41, 5.74) is 3.36. The second kappa shape index (κ2) is 9.16. The molecule has 0 fully saturated rings. The molecule has 4 rings (SSSR count). The predicted molar refractivity (Wildman–Crippen MR) is 125 cm³/mol. The average Bonchev–Trinajstić information content (AvgIpc) is 3.52. The minimum Gasteiger partial charge on any atom is -0.475 e. The summed E-state index contributed by atoms with van der Waals surface area (Å²) in [6, 6.07) is 0.779. The van der Waals surface area contributed by atoms with Crippen LogP contribution in [-0.4, -0.2) is 48.8 Å². The van der Waals surface area contributed by atoms with Crippen molar-refractivity contribution in [1.29, 1.82) is 0 Å². The Balaban J connectivity index is 2.00. The highest BCUT2D eigenvalue weighted by Gasteiger charge is 2.36. The zero-order valence-corrected chi connectivity index (χ0v) is 20.1. The summed E-state index contributed by atoms with van der Waals surface area (Å²) in [5, 5.41) is 23.8. The molecular weight excluding hydrogens is 521 g/mol. The largest absolute Gasteiger partial charge is 0.475 e. The molecule has 0 spiro atoms. The molecule has 0 saturated carbocycles. The first-order chi connectivity index (χ1) is 17.4. The van der Waals surface area contributed by atoms with Crippen molar-refractivity contribution in [2.24, 2.45) is 5.73 Å². The van der Waals surface area contributed by atoms with Crippen molar-refractivity contribution in [2.75, 3.05) is 12.4 Å². The molecule has 0 aliphatic rings. The van der Waals surface area contributed by atoms with Crippen LogP contribution in [0.1, 0.15) is 38.5 Å². The first-order valence-corrected chi connectivity index (χ1v) is 11.2. The van der Waals surface area contributed by atoms with Gasteiger partial charge in [0, 0.05) is 23.2 Å². The Morgan fingerprint density at radius 2 is 2.05 bits per heavy atom. The van der Waals surface area contributed by atoms with Crippen LogP contribution in [0.25, 0.3) is 21.3 Å². The number of fused-ring (bicyclic) bond motifs is 1. The number of hydrogen-bond donors (Lipinski definition) is 3. The summed E-state index contributed by atoms with van der Waals surface area (Å²) in [6.07, 6.45) is -3.48. The number of nitro groups is 1. The molecule has 0 unspecified atom stereocenters. The molecule has 4 N–H and O–H groups in total. The van der Waals surface area contributed by atoms with Gasteiger partial charge in [0.2, 0.25) is 5.69 Å². The van der Waals surface area contributed by atoms with Gasteiger partial charge in [0.25, 0.3) is 11.8 Å². The van der Waals surface area contributed by atoms with E-state index in [1.807, 2.05) is 0 Å². The van der Waals surface area contributed by atoms with Crippen LogP contribution in [0.2, 0.25) is 0 Å². The number of primary amides is 1. The van der Waals surface area contributed by atoms with Gasteiger partial charge in [0.15, 0.2) is 0 Å². The maximum Gasteiger partial charge on any atom is 0.433 e. The smallest absolute Gasteiger partial charge is 0.433 e. The molecule has 0 saturated heterocycles. The topological polar surface area (TPSA) is 184 Å². The van der Waals surface area contributed by atoms with E-state index in [4.69, 9.17) is 10.5 Å². The van der Waals surface area contributed by atoms with Crippen LogP contribution >= 0.6 is 11.3 Å². The first kappa shape index (κ1) is 25.5. The number of hydrogen-bond acceptors (Lipinski definition) is 9. The van der Waals surface area contributed by atoms with Crippen molar-refractivity contribution in [3.05, 3.63) is 44.3 Å². The number of nitrogens with zero attached hydrogens (tertiary/aromatic N) is 5. The lowest BCUT2D eigenvalue weighted by Crippen LogP contribution is -2.18. The van der Waals surface area contributed by atoms with E-state index in [1.165, 1.54) is 6.20 Å². The third-order valence-electron chi connectivity index (χ3n) is 5.42. The normalized spacial score (nSPS) is 11.6. The molecule has 2 amide bonds. The Bertz CT molecular complexity index is 1570. The number of aromatic nitrogens is 5. The third-order valence-corrected chi connectivity index (χ3v) is 6.52. The lowest BCUT2D eigenvalue weighted by atomic mass is 10.0. The van der Waals surface area contributed by atoms with E-state index in [1.54, 1.807) is 18.5 Å². The van der Waals surface area contributed by atoms with Gasteiger partial charge in [0.05, 0.1) is 23.9 Å². The monoisotopic (exact) mass is 538 g/mol. The number of methoxy groups -OCH3 is 1. The molecular formula is C20H17F3N8O5S. The van der Waals surface area contributed by atoms with Gasteiger partial charge in [-0.05, 0) is 25.5 Å². The van der Waals surface area contributed by atoms with E-state index in [0.29, 0.717) is 29.1 Å².